The molecule has 0 spiro atoms. The van der Waals surface area contributed by atoms with Crippen molar-refractivity contribution in [2.75, 3.05) is 0 Å². The maximum Gasteiger partial charge on any atom is 0.390 e. The predicted octanol–water partition coefficient (Wildman–Crippen LogP) is 4.57. The van der Waals surface area contributed by atoms with Crippen molar-refractivity contribution in [3.05, 3.63) is 95.7 Å². The minimum absolute atomic E-state index is 0.112. The van der Waals surface area contributed by atoms with Gasteiger partial charge in [0, 0.05) is 11.6 Å². The zero-order valence-electron chi connectivity index (χ0n) is 15.5. The van der Waals surface area contributed by atoms with Gasteiger partial charge in [0.05, 0.1) is 16.8 Å². The van der Waals surface area contributed by atoms with Crippen LogP contribution in [0.4, 0.5) is 0 Å². The first-order chi connectivity index (χ1) is 14.1. The lowest BCUT2D eigenvalue weighted by molar-refractivity contribution is -0.187. The molecule has 1 aromatic heterocycles. The number of para-hydroxylation sites is 2. The third-order valence-corrected chi connectivity index (χ3v) is 4.61. The molecule has 0 atom stereocenters. The van der Waals surface area contributed by atoms with E-state index < -0.39 is 11.9 Å². The first kappa shape index (κ1) is 18.3. The molecule has 0 unspecified atom stereocenters. The van der Waals surface area contributed by atoms with Crippen molar-refractivity contribution in [3.63, 3.8) is 0 Å². The van der Waals surface area contributed by atoms with Crippen LogP contribution in [0, 0.1) is 6.92 Å². The summed E-state index contributed by atoms with van der Waals surface area (Å²) < 4.78 is 1.80. The van der Waals surface area contributed by atoms with Crippen LogP contribution in [0.1, 0.15) is 26.3 Å². The van der Waals surface area contributed by atoms with E-state index in [1.54, 1.807) is 34.9 Å². The smallest absolute Gasteiger partial charge is 0.390 e. The second kappa shape index (κ2) is 7.52. The lowest BCUT2D eigenvalue weighted by atomic mass is 10.1. The van der Waals surface area contributed by atoms with Gasteiger partial charge in [-0.15, -0.1) is 0 Å². The molecule has 0 aliphatic heterocycles. The Morgan fingerprint density at radius 1 is 0.828 bits per heavy atom. The van der Waals surface area contributed by atoms with E-state index in [2.05, 4.69) is 9.78 Å². The number of benzene rings is 3. The van der Waals surface area contributed by atoms with E-state index in [1.165, 1.54) is 18.2 Å². The molecular formula is C23H17NO5. The number of carbonyl (C=O) groups is 2. The van der Waals surface area contributed by atoms with Gasteiger partial charge in [-0.1, -0.05) is 42.5 Å². The summed E-state index contributed by atoms with van der Waals surface area (Å²) in [6.45, 7) is 1.97. The van der Waals surface area contributed by atoms with Gasteiger partial charge in [-0.3, -0.25) is 0 Å². The second-order valence-electron chi connectivity index (χ2n) is 6.48. The molecule has 0 amide bonds. The monoisotopic (exact) mass is 387 g/mol. The van der Waals surface area contributed by atoms with Gasteiger partial charge >= 0.3 is 11.9 Å². The van der Waals surface area contributed by atoms with Gasteiger partial charge in [-0.25, -0.2) is 19.4 Å². The normalized spacial score (nSPS) is 10.7. The van der Waals surface area contributed by atoms with Gasteiger partial charge < -0.3 is 9.67 Å². The largest absolute Gasteiger partial charge is 0.505 e. The molecule has 3 aromatic carbocycles. The van der Waals surface area contributed by atoms with E-state index in [0.717, 1.165) is 16.5 Å². The summed E-state index contributed by atoms with van der Waals surface area (Å²) in [5, 5.41) is 11.7. The molecular weight excluding hydrogens is 370 g/mol. The lowest BCUT2D eigenvalue weighted by Gasteiger charge is -2.11. The Hall–Kier alpha value is -4.06. The SMILES string of the molecule is Cc1cn(-c2cccc(C(=O)OOC(=O)c3ccccc3)c2O)c2ccccc12. The molecule has 0 aliphatic carbocycles. The number of phenolic OH excluding ortho intramolecular Hbond substituents is 1. The number of hydrogen-bond acceptors (Lipinski definition) is 5. The molecule has 1 heterocycles. The fraction of sp³-hybridized carbons (Fsp3) is 0.0435. The first-order valence-corrected chi connectivity index (χ1v) is 8.93. The molecule has 4 aromatic rings. The summed E-state index contributed by atoms with van der Waals surface area (Å²) in [4.78, 5) is 33.6. The van der Waals surface area contributed by atoms with Crippen LogP contribution >= 0.6 is 0 Å². The molecule has 6 heteroatoms. The van der Waals surface area contributed by atoms with E-state index >= 15 is 0 Å². The van der Waals surface area contributed by atoms with Crippen molar-refractivity contribution in [2.24, 2.45) is 0 Å². The average Bonchev–Trinajstić information content (AvgIpc) is 3.09. The third kappa shape index (κ3) is 3.43. The Labute approximate surface area is 166 Å². The highest BCUT2D eigenvalue weighted by Crippen LogP contribution is 2.31. The first-order valence-electron chi connectivity index (χ1n) is 8.93. The molecule has 1 N–H and O–H groups in total. The molecule has 29 heavy (non-hydrogen) atoms. The molecule has 0 saturated carbocycles. The Bertz CT molecular complexity index is 1210. The Kier molecular flexibility index (Phi) is 4.75. The molecule has 0 radical (unpaired) electrons. The Morgan fingerprint density at radius 2 is 1.52 bits per heavy atom. The number of rotatable bonds is 3. The van der Waals surface area contributed by atoms with Crippen molar-refractivity contribution in [3.8, 4) is 11.4 Å². The zero-order chi connectivity index (χ0) is 20.4. The maximum absolute atomic E-state index is 12.4. The standard InChI is InChI=1S/C23H17NO5/c1-15-14-24(19-12-6-5-10-17(15)19)20-13-7-11-18(21(20)25)23(27)29-28-22(26)16-8-3-2-4-9-16/h2-14,25H,1H3. The van der Waals surface area contributed by atoms with Gasteiger partial charge in [0.25, 0.3) is 0 Å². The number of nitrogens with zero attached hydrogens (tertiary/aromatic N) is 1. The summed E-state index contributed by atoms with van der Waals surface area (Å²) in [5.74, 6) is -2.04. The van der Waals surface area contributed by atoms with E-state index in [-0.39, 0.29) is 16.9 Å². The summed E-state index contributed by atoms with van der Waals surface area (Å²) in [6.07, 6.45) is 1.88. The summed E-state index contributed by atoms with van der Waals surface area (Å²) in [6, 6.07) is 20.6. The van der Waals surface area contributed by atoms with Crippen LogP contribution < -0.4 is 0 Å². The van der Waals surface area contributed by atoms with Crippen molar-refractivity contribution in [1.82, 2.24) is 4.57 Å². The van der Waals surface area contributed by atoms with E-state index in [4.69, 9.17) is 0 Å². The second-order valence-corrected chi connectivity index (χ2v) is 6.48. The zero-order valence-corrected chi connectivity index (χ0v) is 15.5. The molecule has 0 saturated heterocycles. The molecule has 0 aliphatic rings. The number of aromatic hydroxyl groups is 1. The van der Waals surface area contributed by atoms with Crippen LogP contribution in [0.25, 0.3) is 16.6 Å². The van der Waals surface area contributed by atoms with Crippen molar-refractivity contribution in [2.45, 2.75) is 6.92 Å². The fourth-order valence-electron chi connectivity index (χ4n) is 3.18. The maximum atomic E-state index is 12.4. The molecule has 0 bridgehead atoms. The highest BCUT2D eigenvalue weighted by molar-refractivity contribution is 5.95. The number of aromatic nitrogens is 1. The molecule has 144 valence electrons. The Balaban J connectivity index is 1.61. The van der Waals surface area contributed by atoms with Gasteiger partial charge in [-0.05, 0) is 42.8 Å². The number of hydrogen-bond donors (Lipinski definition) is 1. The molecule has 4 rings (SSSR count). The van der Waals surface area contributed by atoms with Crippen molar-refractivity contribution in [1.29, 1.82) is 0 Å². The van der Waals surface area contributed by atoms with Crippen LogP contribution in [0.2, 0.25) is 0 Å². The van der Waals surface area contributed by atoms with Crippen LogP contribution in [-0.4, -0.2) is 21.6 Å². The topological polar surface area (TPSA) is 77.8 Å². The Morgan fingerprint density at radius 3 is 2.31 bits per heavy atom. The van der Waals surface area contributed by atoms with Gasteiger partial charge in [0.15, 0.2) is 5.75 Å². The summed E-state index contributed by atoms with van der Waals surface area (Å²) in [5.41, 5.74) is 2.47. The number of fused-ring (bicyclic) bond motifs is 1. The molecule has 0 fully saturated rings. The number of phenols is 1. The summed E-state index contributed by atoms with van der Waals surface area (Å²) >= 11 is 0. The fourth-order valence-corrected chi connectivity index (χ4v) is 3.18. The van der Waals surface area contributed by atoms with Crippen LogP contribution in [0.5, 0.6) is 5.75 Å². The highest BCUT2D eigenvalue weighted by atomic mass is 17.2. The minimum Gasteiger partial charge on any atom is -0.505 e. The number of aryl methyl sites for hydroxylation is 1. The predicted molar refractivity (Wildman–Crippen MR) is 107 cm³/mol. The van der Waals surface area contributed by atoms with E-state index in [0.29, 0.717) is 5.69 Å². The minimum atomic E-state index is -0.971. The van der Waals surface area contributed by atoms with Gasteiger partial charge in [0.1, 0.15) is 5.56 Å². The van der Waals surface area contributed by atoms with Crippen LogP contribution in [-0.2, 0) is 9.78 Å². The molecule has 6 nitrogen and oxygen atoms in total. The third-order valence-electron chi connectivity index (χ3n) is 4.61. The van der Waals surface area contributed by atoms with Crippen LogP contribution in [0.3, 0.4) is 0 Å². The van der Waals surface area contributed by atoms with Gasteiger partial charge in [0.2, 0.25) is 0 Å². The van der Waals surface area contributed by atoms with E-state index in [1.807, 2.05) is 37.4 Å². The number of carbonyl (C=O) groups excluding carboxylic acids is 2. The van der Waals surface area contributed by atoms with Crippen molar-refractivity contribution >= 4 is 22.8 Å². The van der Waals surface area contributed by atoms with Crippen LogP contribution in [0.15, 0.2) is 79.0 Å². The average molecular weight is 387 g/mol. The lowest BCUT2D eigenvalue weighted by Crippen LogP contribution is -2.12. The van der Waals surface area contributed by atoms with Crippen molar-refractivity contribution < 1.29 is 24.5 Å². The summed E-state index contributed by atoms with van der Waals surface area (Å²) in [7, 11) is 0. The quantitative estimate of drug-likeness (QED) is 0.411. The van der Waals surface area contributed by atoms with Gasteiger partial charge in [-0.2, -0.15) is 0 Å². The van der Waals surface area contributed by atoms with E-state index in [9.17, 15) is 14.7 Å². The highest BCUT2D eigenvalue weighted by Gasteiger charge is 2.20.